The zero-order valence-electron chi connectivity index (χ0n) is 12.5. The highest BCUT2D eigenvalue weighted by Gasteiger charge is 2.16. The van der Waals surface area contributed by atoms with Crippen LogP contribution in [0.5, 0.6) is 11.5 Å². The third kappa shape index (κ3) is 3.92. The molecular formula is C17H18ClNO3. The number of carbonyl (C=O) groups excluding carboxylic acids is 1. The normalized spacial score (nSPS) is 10.3. The molecule has 0 saturated carbocycles. The highest BCUT2D eigenvalue weighted by molar-refractivity contribution is 6.31. The first kappa shape index (κ1) is 16.2. The fraction of sp³-hybridized carbons (Fsp3) is 0.235. The van der Waals surface area contributed by atoms with E-state index in [1.54, 1.807) is 7.05 Å². The van der Waals surface area contributed by atoms with E-state index in [1.807, 2.05) is 31.2 Å². The second kappa shape index (κ2) is 7.18. The van der Waals surface area contributed by atoms with Crippen molar-refractivity contribution in [2.24, 2.45) is 0 Å². The van der Waals surface area contributed by atoms with Gasteiger partial charge in [0.05, 0.1) is 12.1 Å². The largest absolute Gasteiger partial charge is 0.507 e. The first-order valence-electron chi connectivity index (χ1n) is 6.91. The second-order valence-corrected chi connectivity index (χ2v) is 5.44. The molecule has 22 heavy (non-hydrogen) atoms. The molecule has 5 heteroatoms. The fourth-order valence-electron chi connectivity index (χ4n) is 2.00. The Hall–Kier alpha value is -2.20. The van der Waals surface area contributed by atoms with Crippen molar-refractivity contribution in [3.05, 3.63) is 58.6 Å². The number of ether oxygens (including phenoxy) is 1. The monoisotopic (exact) mass is 319 g/mol. The molecule has 0 atom stereocenters. The first-order valence-corrected chi connectivity index (χ1v) is 7.29. The van der Waals surface area contributed by atoms with Crippen molar-refractivity contribution in [1.82, 2.24) is 4.90 Å². The number of para-hydroxylation sites is 1. The van der Waals surface area contributed by atoms with E-state index in [2.05, 4.69) is 0 Å². The molecule has 4 nitrogen and oxygen atoms in total. The third-order valence-electron chi connectivity index (χ3n) is 3.31. The number of hydrogen-bond acceptors (Lipinski definition) is 3. The van der Waals surface area contributed by atoms with Crippen molar-refractivity contribution in [3.8, 4) is 11.5 Å². The van der Waals surface area contributed by atoms with E-state index in [-0.39, 0.29) is 17.2 Å². The second-order valence-electron chi connectivity index (χ2n) is 5.00. The number of nitrogens with zero attached hydrogens (tertiary/aromatic N) is 1. The van der Waals surface area contributed by atoms with Crippen molar-refractivity contribution in [1.29, 1.82) is 0 Å². The van der Waals surface area contributed by atoms with Crippen molar-refractivity contribution in [2.45, 2.75) is 6.92 Å². The fourth-order valence-corrected chi connectivity index (χ4v) is 2.17. The molecule has 116 valence electrons. The average molecular weight is 320 g/mol. The minimum absolute atomic E-state index is 0.0823. The molecule has 2 rings (SSSR count). The Balaban J connectivity index is 1.94. The number of carbonyl (C=O) groups is 1. The molecule has 2 aromatic carbocycles. The Morgan fingerprint density at radius 2 is 2.00 bits per heavy atom. The maximum Gasteiger partial charge on any atom is 0.257 e. The Labute approximate surface area is 134 Å². The molecule has 0 bridgehead atoms. The summed E-state index contributed by atoms with van der Waals surface area (Å²) in [6.45, 7) is 2.74. The van der Waals surface area contributed by atoms with Gasteiger partial charge in [-0.25, -0.2) is 0 Å². The van der Waals surface area contributed by atoms with Crippen LogP contribution in [0.2, 0.25) is 5.02 Å². The average Bonchev–Trinajstić information content (AvgIpc) is 2.50. The number of likely N-dealkylation sites (N-methyl/N-ethyl adjacent to an activating group) is 1. The number of aryl methyl sites for hydroxylation is 1. The number of phenolic OH excluding ortho intramolecular Hbond substituents is 1. The number of phenols is 1. The predicted octanol–water partition coefficient (Wildman–Crippen LogP) is 3.51. The maximum atomic E-state index is 12.3. The topological polar surface area (TPSA) is 49.8 Å². The molecule has 0 radical (unpaired) electrons. The van der Waals surface area contributed by atoms with E-state index in [9.17, 15) is 9.90 Å². The smallest absolute Gasteiger partial charge is 0.257 e. The number of amides is 1. The van der Waals surface area contributed by atoms with Crippen LogP contribution in [0, 0.1) is 6.92 Å². The standard InChI is InChI=1S/C17H18ClNO3/c1-12-5-3-4-6-16(12)22-10-9-19(2)17(21)14-11-13(18)7-8-15(14)20/h3-8,11,20H,9-10H2,1-2H3. The summed E-state index contributed by atoms with van der Waals surface area (Å²) in [6, 6.07) is 12.1. The molecule has 0 aromatic heterocycles. The van der Waals surface area contributed by atoms with Crippen molar-refractivity contribution >= 4 is 17.5 Å². The Morgan fingerprint density at radius 3 is 2.73 bits per heavy atom. The molecule has 1 amide bonds. The van der Waals surface area contributed by atoms with Gasteiger partial charge in [-0.2, -0.15) is 0 Å². The zero-order chi connectivity index (χ0) is 16.1. The van der Waals surface area contributed by atoms with Crippen LogP contribution in [0.15, 0.2) is 42.5 Å². The van der Waals surface area contributed by atoms with E-state index in [0.717, 1.165) is 11.3 Å². The van der Waals surface area contributed by atoms with Crippen LogP contribution in [0.4, 0.5) is 0 Å². The van der Waals surface area contributed by atoms with Gasteiger partial charge in [0.2, 0.25) is 0 Å². The molecule has 0 aliphatic carbocycles. The lowest BCUT2D eigenvalue weighted by atomic mass is 10.2. The van der Waals surface area contributed by atoms with E-state index < -0.39 is 0 Å². The predicted molar refractivity (Wildman–Crippen MR) is 86.8 cm³/mol. The number of hydrogen-bond donors (Lipinski definition) is 1. The molecule has 0 saturated heterocycles. The summed E-state index contributed by atoms with van der Waals surface area (Å²) in [6.07, 6.45) is 0. The number of aromatic hydroxyl groups is 1. The zero-order valence-corrected chi connectivity index (χ0v) is 13.3. The Morgan fingerprint density at radius 1 is 1.27 bits per heavy atom. The Bertz CT molecular complexity index is 673. The van der Waals surface area contributed by atoms with Gasteiger partial charge in [-0.1, -0.05) is 29.8 Å². The van der Waals surface area contributed by atoms with Crippen molar-refractivity contribution in [2.75, 3.05) is 20.2 Å². The highest BCUT2D eigenvalue weighted by Crippen LogP contribution is 2.22. The van der Waals surface area contributed by atoms with Crippen molar-refractivity contribution in [3.63, 3.8) is 0 Å². The summed E-state index contributed by atoms with van der Waals surface area (Å²) in [5.41, 5.74) is 1.23. The summed E-state index contributed by atoms with van der Waals surface area (Å²) in [4.78, 5) is 13.8. The molecular weight excluding hydrogens is 302 g/mol. The van der Waals surface area contributed by atoms with Crippen LogP contribution < -0.4 is 4.74 Å². The van der Waals surface area contributed by atoms with Gasteiger partial charge < -0.3 is 14.7 Å². The molecule has 0 aliphatic rings. The van der Waals surface area contributed by atoms with Gasteiger partial charge in [0.15, 0.2) is 0 Å². The summed E-state index contributed by atoms with van der Waals surface area (Å²) in [7, 11) is 1.66. The molecule has 0 fully saturated rings. The SMILES string of the molecule is Cc1ccccc1OCCN(C)C(=O)c1cc(Cl)ccc1O. The molecule has 0 aliphatic heterocycles. The first-order chi connectivity index (χ1) is 10.5. The van der Waals surface area contributed by atoms with Crippen LogP contribution in [-0.2, 0) is 0 Å². The van der Waals surface area contributed by atoms with E-state index in [4.69, 9.17) is 16.3 Å². The summed E-state index contributed by atoms with van der Waals surface area (Å²) in [5, 5.41) is 10.2. The quantitative estimate of drug-likeness (QED) is 0.917. The minimum atomic E-state index is -0.298. The van der Waals surface area contributed by atoms with Gasteiger partial charge in [-0.05, 0) is 36.8 Å². The van der Waals surface area contributed by atoms with Gasteiger partial charge in [-0.3, -0.25) is 4.79 Å². The lowest BCUT2D eigenvalue weighted by Crippen LogP contribution is -2.31. The molecule has 1 N–H and O–H groups in total. The van der Waals surface area contributed by atoms with Crippen LogP contribution in [0.25, 0.3) is 0 Å². The van der Waals surface area contributed by atoms with Crippen LogP contribution in [-0.4, -0.2) is 36.1 Å². The van der Waals surface area contributed by atoms with E-state index in [1.165, 1.54) is 23.1 Å². The molecule has 0 spiro atoms. The van der Waals surface area contributed by atoms with Crippen LogP contribution in [0.3, 0.4) is 0 Å². The molecule has 0 unspecified atom stereocenters. The maximum absolute atomic E-state index is 12.3. The van der Waals surface area contributed by atoms with E-state index >= 15 is 0 Å². The summed E-state index contributed by atoms with van der Waals surface area (Å²) >= 11 is 5.86. The molecule has 0 heterocycles. The lowest BCUT2D eigenvalue weighted by molar-refractivity contribution is 0.0770. The number of rotatable bonds is 5. The van der Waals surface area contributed by atoms with E-state index in [0.29, 0.717) is 18.2 Å². The molecule has 2 aromatic rings. The summed E-state index contributed by atoms with van der Waals surface area (Å²) < 4.78 is 5.66. The van der Waals surface area contributed by atoms with Gasteiger partial charge >= 0.3 is 0 Å². The lowest BCUT2D eigenvalue weighted by Gasteiger charge is -2.18. The van der Waals surface area contributed by atoms with Gasteiger partial charge in [-0.15, -0.1) is 0 Å². The van der Waals surface area contributed by atoms with Gasteiger partial charge in [0, 0.05) is 12.1 Å². The van der Waals surface area contributed by atoms with Crippen LogP contribution in [0.1, 0.15) is 15.9 Å². The minimum Gasteiger partial charge on any atom is -0.507 e. The van der Waals surface area contributed by atoms with Crippen molar-refractivity contribution < 1.29 is 14.6 Å². The number of benzene rings is 2. The van der Waals surface area contributed by atoms with Gasteiger partial charge in [0.1, 0.15) is 18.1 Å². The van der Waals surface area contributed by atoms with Gasteiger partial charge in [0.25, 0.3) is 5.91 Å². The number of halogens is 1. The Kier molecular flexibility index (Phi) is 5.28. The highest BCUT2D eigenvalue weighted by atomic mass is 35.5. The summed E-state index contributed by atoms with van der Waals surface area (Å²) in [5.74, 6) is 0.420. The third-order valence-corrected chi connectivity index (χ3v) is 3.55. The van der Waals surface area contributed by atoms with Crippen LogP contribution >= 0.6 is 11.6 Å².